The van der Waals surface area contributed by atoms with Gasteiger partial charge in [0.15, 0.2) is 0 Å². The maximum atomic E-state index is 14.0. The van der Waals surface area contributed by atoms with Gasteiger partial charge in [0.05, 0.1) is 21.9 Å². The van der Waals surface area contributed by atoms with Gasteiger partial charge in [-0.3, -0.25) is 24.3 Å². The van der Waals surface area contributed by atoms with E-state index in [9.17, 15) is 19.7 Å². The van der Waals surface area contributed by atoms with Crippen molar-refractivity contribution in [2.45, 2.75) is 38.9 Å². The summed E-state index contributed by atoms with van der Waals surface area (Å²) in [6.45, 7) is 4.24. The van der Waals surface area contributed by atoms with E-state index in [4.69, 9.17) is 4.98 Å². The molecule has 1 aromatic heterocycles. The molecule has 0 unspecified atom stereocenters. The lowest BCUT2D eigenvalue weighted by molar-refractivity contribution is -0.384. The molecule has 0 N–H and O–H groups in total. The highest BCUT2D eigenvalue weighted by atomic mass is 16.6. The summed E-state index contributed by atoms with van der Waals surface area (Å²) in [5.41, 5.74) is 2.14. The molecule has 0 radical (unpaired) electrons. The normalized spacial score (nSPS) is 17.4. The molecule has 0 fully saturated rings. The monoisotopic (exact) mass is 482 g/mol. The van der Waals surface area contributed by atoms with Crippen LogP contribution in [-0.4, -0.2) is 25.3 Å². The molecule has 2 heterocycles. The molecular formula is C28H26N4O4. The molecule has 36 heavy (non-hydrogen) atoms. The van der Waals surface area contributed by atoms with Gasteiger partial charge < -0.3 is 4.90 Å². The molecule has 8 nitrogen and oxygen atoms in total. The number of rotatable bonds is 6. The number of nitro groups is 1. The van der Waals surface area contributed by atoms with E-state index in [0.717, 1.165) is 11.1 Å². The fourth-order valence-electron chi connectivity index (χ4n) is 4.97. The summed E-state index contributed by atoms with van der Waals surface area (Å²) in [4.78, 5) is 45.1. The maximum Gasteiger partial charge on any atom is 0.269 e. The van der Waals surface area contributed by atoms with Crippen molar-refractivity contribution in [2.24, 2.45) is 5.92 Å². The third-order valence-electron chi connectivity index (χ3n) is 6.73. The number of carbonyl (C=O) groups excluding carboxylic acids is 1. The molecule has 4 aromatic rings. The number of fused-ring (bicyclic) bond motifs is 2. The van der Waals surface area contributed by atoms with Crippen molar-refractivity contribution in [3.63, 3.8) is 0 Å². The van der Waals surface area contributed by atoms with Gasteiger partial charge in [0, 0.05) is 25.1 Å². The van der Waals surface area contributed by atoms with Crippen molar-refractivity contribution in [1.29, 1.82) is 0 Å². The Morgan fingerprint density at radius 1 is 0.917 bits per heavy atom. The Kier molecular flexibility index (Phi) is 6.10. The molecule has 0 bridgehead atoms. The second kappa shape index (κ2) is 9.37. The quantitative estimate of drug-likeness (QED) is 0.290. The highest BCUT2D eigenvalue weighted by Crippen LogP contribution is 2.37. The van der Waals surface area contributed by atoms with Crippen LogP contribution in [-0.2, 0) is 17.8 Å². The molecule has 182 valence electrons. The van der Waals surface area contributed by atoms with Gasteiger partial charge in [-0.2, -0.15) is 0 Å². The predicted molar refractivity (Wildman–Crippen MR) is 136 cm³/mol. The van der Waals surface area contributed by atoms with Gasteiger partial charge >= 0.3 is 0 Å². The second-order valence-corrected chi connectivity index (χ2v) is 9.45. The van der Waals surface area contributed by atoms with Gasteiger partial charge in [-0.05, 0) is 29.2 Å². The van der Waals surface area contributed by atoms with Crippen LogP contribution in [0.4, 0.5) is 5.69 Å². The van der Waals surface area contributed by atoms with Crippen LogP contribution in [0.15, 0.2) is 83.7 Å². The SMILES string of the molecule is CC(C)[C@H]1C(=O)N(Cc2ccccc2)[C@@H](Cc2ccc([N+](=O)[O-])cc2)c2nc3ccccc3c(=O)n21. The zero-order chi connectivity index (χ0) is 25.4. The number of hydrogen-bond acceptors (Lipinski definition) is 5. The minimum Gasteiger partial charge on any atom is -0.326 e. The fraction of sp³-hybridized carbons (Fsp3) is 0.250. The number of amides is 1. The Morgan fingerprint density at radius 3 is 2.25 bits per heavy atom. The van der Waals surface area contributed by atoms with Crippen LogP contribution in [0.1, 0.15) is 42.9 Å². The van der Waals surface area contributed by atoms with Gasteiger partial charge in [0.25, 0.3) is 11.2 Å². The molecule has 0 saturated heterocycles. The lowest BCUT2D eigenvalue weighted by Crippen LogP contribution is -2.51. The summed E-state index contributed by atoms with van der Waals surface area (Å²) < 4.78 is 1.58. The Balaban J connectivity index is 1.70. The second-order valence-electron chi connectivity index (χ2n) is 9.45. The number of nitro benzene ring substituents is 1. The van der Waals surface area contributed by atoms with Crippen LogP contribution in [0.2, 0.25) is 0 Å². The summed E-state index contributed by atoms with van der Waals surface area (Å²) in [7, 11) is 0. The number of nitrogens with zero attached hydrogens (tertiary/aromatic N) is 4. The highest BCUT2D eigenvalue weighted by molar-refractivity contribution is 5.84. The van der Waals surface area contributed by atoms with Crippen molar-refractivity contribution in [1.82, 2.24) is 14.5 Å². The molecule has 1 amide bonds. The van der Waals surface area contributed by atoms with Crippen LogP contribution in [0, 0.1) is 16.0 Å². The van der Waals surface area contributed by atoms with Crippen LogP contribution >= 0.6 is 0 Å². The van der Waals surface area contributed by atoms with E-state index in [1.807, 2.05) is 56.3 Å². The van der Waals surface area contributed by atoms with Crippen LogP contribution in [0.3, 0.4) is 0 Å². The van der Waals surface area contributed by atoms with E-state index in [1.54, 1.807) is 33.7 Å². The number of benzene rings is 3. The lowest BCUT2D eigenvalue weighted by Gasteiger charge is -2.42. The third-order valence-corrected chi connectivity index (χ3v) is 6.73. The average Bonchev–Trinajstić information content (AvgIpc) is 2.87. The minimum absolute atomic E-state index is 0.000206. The zero-order valence-corrected chi connectivity index (χ0v) is 20.1. The molecule has 8 heteroatoms. The zero-order valence-electron chi connectivity index (χ0n) is 20.1. The first-order valence-corrected chi connectivity index (χ1v) is 11.9. The molecule has 0 spiro atoms. The van der Waals surface area contributed by atoms with Gasteiger partial charge in [-0.15, -0.1) is 0 Å². The van der Waals surface area contributed by atoms with E-state index in [1.165, 1.54) is 12.1 Å². The Hall–Kier alpha value is -4.33. The molecule has 2 atom stereocenters. The van der Waals surface area contributed by atoms with Crippen LogP contribution < -0.4 is 5.56 Å². The summed E-state index contributed by atoms with van der Waals surface area (Å²) in [5, 5.41) is 11.6. The van der Waals surface area contributed by atoms with Gasteiger partial charge in [-0.25, -0.2) is 4.98 Å². The molecule has 1 aliphatic rings. The number of hydrogen-bond donors (Lipinski definition) is 0. The van der Waals surface area contributed by atoms with Crippen molar-refractivity contribution in [2.75, 3.05) is 0 Å². The van der Waals surface area contributed by atoms with Crippen LogP contribution in [0.5, 0.6) is 0 Å². The minimum atomic E-state index is -0.679. The largest absolute Gasteiger partial charge is 0.326 e. The standard InChI is InChI=1S/C28H26N4O4/c1-18(2)25-28(34)30(17-20-8-4-3-5-9-20)24(16-19-12-14-21(15-13-19)32(35)36)26-29-23-11-7-6-10-22(23)27(33)31(25)26/h3-15,18,24-25H,16-17H2,1-2H3/t24-,25-/m0/s1. The first kappa shape index (κ1) is 23.4. The Bertz CT molecular complexity index is 1500. The molecule has 0 aliphatic carbocycles. The van der Waals surface area contributed by atoms with E-state index in [2.05, 4.69) is 0 Å². The first-order chi connectivity index (χ1) is 17.3. The molecule has 5 rings (SSSR count). The number of para-hydroxylation sites is 1. The number of non-ortho nitro benzene ring substituents is 1. The lowest BCUT2D eigenvalue weighted by atomic mass is 9.93. The number of carbonyl (C=O) groups is 1. The molecule has 1 aliphatic heterocycles. The van der Waals surface area contributed by atoms with E-state index >= 15 is 0 Å². The third kappa shape index (κ3) is 4.15. The predicted octanol–water partition coefficient (Wildman–Crippen LogP) is 4.83. The maximum absolute atomic E-state index is 14.0. The average molecular weight is 483 g/mol. The highest BCUT2D eigenvalue weighted by Gasteiger charge is 2.42. The molecule has 3 aromatic carbocycles. The molecule has 0 saturated carbocycles. The van der Waals surface area contributed by atoms with E-state index in [0.29, 0.717) is 29.7 Å². The summed E-state index contributed by atoms with van der Waals surface area (Å²) >= 11 is 0. The smallest absolute Gasteiger partial charge is 0.269 e. The van der Waals surface area contributed by atoms with E-state index < -0.39 is 17.0 Å². The summed E-state index contributed by atoms with van der Waals surface area (Å²) in [5.74, 6) is 0.272. The van der Waals surface area contributed by atoms with Gasteiger partial charge in [-0.1, -0.05) is 68.4 Å². The Labute approximate surface area is 208 Å². The van der Waals surface area contributed by atoms with Gasteiger partial charge in [0.1, 0.15) is 11.9 Å². The van der Waals surface area contributed by atoms with Gasteiger partial charge in [0.2, 0.25) is 5.91 Å². The van der Waals surface area contributed by atoms with Crippen LogP contribution in [0.25, 0.3) is 10.9 Å². The first-order valence-electron chi connectivity index (χ1n) is 11.9. The number of aromatic nitrogens is 2. The fourth-order valence-corrected chi connectivity index (χ4v) is 4.97. The van der Waals surface area contributed by atoms with Crippen molar-refractivity contribution < 1.29 is 9.72 Å². The topological polar surface area (TPSA) is 98.3 Å². The molecular weight excluding hydrogens is 456 g/mol. The van der Waals surface area contributed by atoms with Crippen molar-refractivity contribution >= 4 is 22.5 Å². The van der Waals surface area contributed by atoms with Crippen molar-refractivity contribution in [3.05, 3.63) is 116 Å². The summed E-state index contributed by atoms with van der Waals surface area (Å²) in [6, 6.07) is 22.0. The van der Waals surface area contributed by atoms with Crippen molar-refractivity contribution in [3.8, 4) is 0 Å². The van der Waals surface area contributed by atoms with E-state index in [-0.39, 0.29) is 23.1 Å². The Morgan fingerprint density at radius 2 is 1.58 bits per heavy atom. The summed E-state index contributed by atoms with van der Waals surface area (Å²) in [6.07, 6.45) is 0.367.